The molecular weight excluding hydrogens is 1120 g/mol. The Balaban J connectivity index is 0.833. The van der Waals surface area contributed by atoms with Crippen molar-refractivity contribution in [3.05, 3.63) is 299 Å². The lowest BCUT2D eigenvalue weighted by Gasteiger charge is -2.39. The molecule has 2 aromatic heterocycles. The molecule has 6 heteroatoms. The highest BCUT2D eigenvalue weighted by Gasteiger charge is 2.51. The van der Waals surface area contributed by atoms with Gasteiger partial charge in [0, 0.05) is 66.7 Å². The summed E-state index contributed by atoms with van der Waals surface area (Å²) in [7, 11) is 0. The van der Waals surface area contributed by atoms with Crippen LogP contribution in [0.15, 0.2) is 255 Å². The van der Waals surface area contributed by atoms with Gasteiger partial charge in [-0.3, -0.25) is 4.57 Å². The second-order valence-electron chi connectivity index (χ2n) is 27.9. The van der Waals surface area contributed by atoms with Crippen molar-refractivity contribution in [2.24, 2.45) is 0 Å². The van der Waals surface area contributed by atoms with E-state index < -0.39 is 18.3 Å². The van der Waals surface area contributed by atoms with Crippen molar-refractivity contribution < 1.29 is 19.1 Å². The standard InChI is InChI=1S/C86H74N4O2/c1-54-44-81(87-52-70(54)55-24-21-25-58(45-55)83(2,3)4)90-75-35-16-12-29-68(75)69-43-41-63(51-78(69)90)91-62-27-22-26-61(50-62)88-53-89(77-37-18-17-36-76(77)88)82-64(30-23-31-65(82)57-46-59(84(5,6)7)49-60(47-57)85(8,9)10)56-40-42-67-66-28-11-13-32-71(66)86(74(67)48-56)72-33-14-19-38-79(72)92-80-39-20-15-34-73(80)86/h11-52H,53H2,1-10H3/i1D3,12D,16D,29D,35D. The van der Waals surface area contributed by atoms with Crippen molar-refractivity contribution in [3.63, 3.8) is 0 Å². The maximum Gasteiger partial charge on any atom is 0.137 e. The molecule has 2 aliphatic heterocycles. The molecule has 0 fully saturated rings. The predicted molar refractivity (Wildman–Crippen MR) is 382 cm³/mol. The summed E-state index contributed by atoms with van der Waals surface area (Å²) < 4.78 is 78.2. The van der Waals surface area contributed by atoms with E-state index in [0.29, 0.717) is 40.2 Å². The first-order valence-corrected chi connectivity index (χ1v) is 31.8. The van der Waals surface area contributed by atoms with Crippen LogP contribution in [-0.2, 0) is 21.7 Å². The number of rotatable bonds is 8. The van der Waals surface area contributed by atoms with Gasteiger partial charge in [0.25, 0.3) is 0 Å². The SMILES string of the molecule is [2H]c1c([2H])c([2H])c2c(c1[2H])c1ccc(Oc3cccc(N4CN(c5c(-c6cc(C(C)(C)C)cc(C(C)(C)C)c6)cccc5-c5ccc6c(c5)C5(c7ccccc7Oc7ccccc75)c5ccccc5-6)c5ccccc54)c3)cc1n2-c1cc(C([2H])([2H])[2H])c(-c2cccc(C(C)(C)C)c2)cn1. The molecule has 1 aliphatic carbocycles. The van der Waals surface area contributed by atoms with Crippen molar-refractivity contribution in [1.82, 2.24) is 9.55 Å². The van der Waals surface area contributed by atoms with Crippen LogP contribution in [0, 0.1) is 6.85 Å². The predicted octanol–water partition coefficient (Wildman–Crippen LogP) is 22.9. The monoisotopic (exact) mass is 1200 g/mol. The molecule has 11 aromatic carbocycles. The van der Waals surface area contributed by atoms with Crippen molar-refractivity contribution >= 4 is 44.6 Å². The largest absolute Gasteiger partial charge is 0.457 e. The molecule has 0 saturated carbocycles. The van der Waals surface area contributed by atoms with Gasteiger partial charge in [-0.05, 0) is 151 Å². The number of aryl methyl sites for hydroxylation is 1. The number of aromatic nitrogens is 2. The minimum atomic E-state index is -2.58. The number of nitrogens with zero attached hydrogens (tertiary/aromatic N) is 4. The average molecular weight is 1200 g/mol. The highest BCUT2D eigenvalue weighted by molar-refractivity contribution is 6.09. The normalized spacial score (nSPS) is 15.1. The van der Waals surface area contributed by atoms with Gasteiger partial charge < -0.3 is 19.3 Å². The highest BCUT2D eigenvalue weighted by atomic mass is 16.5. The van der Waals surface area contributed by atoms with Gasteiger partial charge in [0.05, 0.1) is 39.0 Å². The molecule has 0 unspecified atom stereocenters. The van der Waals surface area contributed by atoms with E-state index in [4.69, 9.17) is 21.3 Å². The number of anilines is 4. The zero-order valence-electron chi connectivity index (χ0n) is 60.3. The topological polar surface area (TPSA) is 42.8 Å². The number of para-hydroxylation sites is 6. The minimum absolute atomic E-state index is 0.0563. The Kier molecular flexibility index (Phi) is 11.3. The van der Waals surface area contributed by atoms with Crippen LogP contribution in [0.1, 0.15) is 116 Å². The van der Waals surface area contributed by atoms with Crippen LogP contribution >= 0.6 is 0 Å². The van der Waals surface area contributed by atoms with Crippen LogP contribution in [0.25, 0.3) is 72.1 Å². The summed E-state index contributed by atoms with van der Waals surface area (Å²) >= 11 is 0. The third-order valence-electron chi connectivity index (χ3n) is 19.1. The third-order valence-corrected chi connectivity index (χ3v) is 19.1. The fourth-order valence-electron chi connectivity index (χ4n) is 14.4. The van der Waals surface area contributed by atoms with Gasteiger partial charge >= 0.3 is 0 Å². The fraction of sp³-hybridized carbons (Fsp3) is 0.174. The molecule has 450 valence electrons. The summed E-state index contributed by atoms with van der Waals surface area (Å²) in [5.41, 5.74) is 19.6. The molecule has 1 spiro atoms. The fourth-order valence-corrected chi connectivity index (χ4v) is 14.4. The maximum atomic E-state index is 9.35. The van der Waals surface area contributed by atoms with Crippen LogP contribution in [0.3, 0.4) is 0 Å². The third kappa shape index (κ3) is 9.16. The van der Waals surface area contributed by atoms with E-state index in [9.17, 15) is 2.74 Å². The Labute approximate surface area is 550 Å². The Morgan fingerprint density at radius 3 is 1.78 bits per heavy atom. The van der Waals surface area contributed by atoms with E-state index in [-0.39, 0.29) is 56.7 Å². The molecule has 0 bridgehead atoms. The first-order chi connectivity index (χ1) is 47.3. The van der Waals surface area contributed by atoms with Gasteiger partial charge in [0.2, 0.25) is 0 Å². The molecule has 0 atom stereocenters. The van der Waals surface area contributed by atoms with Gasteiger partial charge in [0.15, 0.2) is 0 Å². The zero-order chi connectivity index (χ0) is 69.0. The van der Waals surface area contributed by atoms with E-state index in [0.717, 1.165) is 73.2 Å². The molecular formula is C86H74N4O2. The number of hydrogen-bond donors (Lipinski definition) is 0. The van der Waals surface area contributed by atoms with Gasteiger partial charge in [-0.25, -0.2) is 4.98 Å². The molecule has 13 aromatic rings. The zero-order valence-corrected chi connectivity index (χ0v) is 53.3. The molecule has 6 nitrogen and oxygen atoms in total. The minimum Gasteiger partial charge on any atom is -0.457 e. The molecule has 92 heavy (non-hydrogen) atoms. The number of hydrogen-bond acceptors (Lipinski definition) is 5. The summed E-state index contributed by atoms with van der Waals surface area (Å²) in [6.07, 6.45) is 1.56. The van der Waals surface area contributed by atoms with Crippen LogP contribution in [-0.4, -0.2) is 16.2 Å². The number of benzene rings is 11. The summed E-state index contributed by atoms with van der Waals surface area (Å²) in [4.78, 5) is 9.74. The van der Waals surface area contributed by atoms with E-state index in [1.54, 1.807) is 29.0 Å². The van der Waals surface area contributed by atoms with Crippen LogP contribution in [0.2, 0.25) is 0 Å². The Hall–Kier alpha value is -10.4. The van der Waals surface area contributed by atoms with Crippen molar-refractivity contribution in [2.45, 2.75) is 90.8 Å². The molecule has 0 N–H and O–H groups in total. The average Bonchev–Trinajstić information content (AvgIpc) is 1.56. The van der Waals surface area contributed by atoms with Crippen molar-refractivity contribution in [2.75, 3.05) is 16.5 Å². The molecule has 0 amide bonds. The lowest BCUT2D eigenvalue weighted by atomic mass is 9.66. The Bertz CT molecular complexity index is 5440. The number of fused-ring (bicyclic) bond motifs is 13. The quantitative estimate of drug-likeness (QED) is 0.152. The molecule has 4 heterocycles. The summed E-state index contributed by atoms with van der Waals surface area (Å²) in [6.45, 7) is 17.9. The number of ether oxygens (including phenoxy) is 2. The Morgan fingerprint density at radius 2 is 1.05 bits per heavy atom. The van der Waals surface area contributed by atoms with E-state index in [2.05, 4.69) is 230 Å². The summed E-state index contributed by atoms with van der Waals surface area (Å²) in [6, 6.07) is 77.1. The molecule has 0 saturated heterocycles. The maximum absolute atomic E-state index is 9.35. The second-order valence-corrected chi connectivity index (χ2v) is 27.9. The van der Waals surface area contributed by atoms with E-state index in [1.807, 2.05) is 42.5 Å². The summed E-state index contributed by atoms with van der Waals surface area (Å²) in [5.74, 6) is 2.83. The van der Waals surface area contributed by atoms with Crippen LogP contribution in [0.5, 0.6) is 23.0 Å². The van der Waals surface area contributed by atoms with Gasteiger partial charge in [-0.2, -0.15) is 0 Å². The second kappa shape index (κ2) is 21.1. The lowest BCUT2D eigenvalue weighted by molar-refractivity contribution is 0.436. The van der Waals surface area contributed by atoms with Crippen molar-refractivity contribution in [1.29, 1.82) is 0 Å². The first-order valence-electron chi connectivity index (χ1n) is 35.3. The van der Waals surface area contributed by atoms with Gasteiger partial charge in [-0.15, -0.1) is 0 Å². The lowest BCUT2D eigenvalue weighted by Crippen LogP contribution is -2.32. The van der Waals surface area contributed by atoms with Crippen LogP contribution in [0.4, 0.5) is 22.7 Å². The van der Waals surface area contributed by atoms with Gasteiger partial charge in [0.1, 0.15) is 35.5 Å². The molecule has 16 rings (SSSR count). The smallest absolute Gasteiger partial charge is 0.137 e. The molecule has 0 radical (unpaired) electrons. The van der Waals surface area contributed by atoms with Crippen LogP contribution < -0.4 is 19.3 Å². The Morgan fingerprint density at radius 1 is 0.457 bits per heavy atom. The van der Waals surface area contributed by atoms with E-state index >= 15 is 0 Å². The number of pyridine rings is 1. The first kappa shape index (κ1) is 49.4. The highest BCUT2D eigenvalue weighted by Crippen LogP contribution is 2.63. The van der Waals surface area contributed by atoms with Crippen molar-refractivity contribution in [3.8, 4) is 73.3 Å². The molecule has 3 aliphatic rings. The van der Waals surface area contributed by atoms with E-state index in [1.165, 1.54) is 39.4 Å². The summed E-state index contributed by atoms with van der Waals surface area (Å²) in [5, 5.41) is 0.804. The van der Waals surface area contributed by atoms with Gasteiger partial charge in [-0.1, -0.05) is 232 Å².